The third kappa shape index (κ3) is 4.31. The number of aromatic nitrogens is 3. The van der Waals surface area contributed by atoms with Crippen LogP contribution in [0.5, 0.6) is 0 Å². The van der Waals surface area contributed by atoms with E-state index in [2.05, 4.69) is 15.6 Å². The van der Waals surface area contributed by atoms with Crippen molar-refractivity contribution in [3.63, 3.8) is 0 Å². The Morgan fingerprint density at radius 3 is 2.47 bits per heavy atom. The molecule has 0 spiro atoms. The second kappa shape index (κ2) is 8.53. The lowest BCUT2D eigenvalue weighted by atomic mass is 9.85. The molecule has 0 radical (unpaired) electrons. The van der Waals surface area contributed by atoms with Crippen molar-refractivity contribution in [3.8, 4) is 11.3 Å². The summed E-state index contributed by atoms with van der Waals surface area (Å²) >= 11 is 12.6. The molecule has 1 saturated heterocycles. The molecule has 2 unspecified atom stereocenters. The Hall–Kier alpha value is -2.16. The summed E-state index contributed by atoms with van der Waals surface area (Å²) in [4.78, 5) is 27.2. The molecule has 10 heteroatoms. The van der Waals surface area contributed by atoms with Crippen LogP contribution in [0.25, 0.3) is 11.3 Å². The Morgan fingerprint density at radius 1 is 1.27 bits per heavy atom. The van der Waals surface area contributed by atoms with Crippen molar-refractivity contribution < 1.29 is 14.7 Å². The fourth-order valence-electron chi connectivity index (χ4n) is 3.77. The summed E-state index contributed by atoms with van der Waals surface area (Å²) in [5, 5.41) is 21.9. The maximum absolute atomic E-state index is 13.5. The number of nitrogens with zero attached hydrogens (tertiary/aromatic N) is 4. The molecule has 0 bridgehead atoms. The molecule has 0 saturated carbocycles. The number of β-amino-alcohol motifs (C(OH)–C–C–N with tert-alkyl or cyclic N) is 1. The van der Waals surface area contributed by atoms with E-state index in [1.54, 1.807) is 24.4 Å². The second-order valence-electron chi connectivity index (χ2n) is 8.46. The predicted octanol–water partition coefficient (Wildman–Crippen LogP) is 2.55. The number of likely N-dealkylation sites (tertiary alicyclic amines) is 1. The van der Waals surface area contributed by atoms with Crippen LogP contribution >= 0.6 is 23.2 Å². The molecule has 8 nitrogen and oxygen atoms in total. The van der Waals surface area contributed by atoms with Gasteiger partial charge >= 0.3 is 0 Å². The minimum atomic E-state index is -0.759. The van der Waals surface area contributed by atoms with Gasteiger partial charge in [-0.2, -0.15) is 0 Å². The van der Waals surface area contributed by atoms with Crippen molar-refractivity contribution in [2.24, 2.45) is 5.41 Å². The molecule has 2 aromatic rings. The van der Waals surface area contributed by atoms with E-state index in [1.165, 1.54) is 16.6 Å². The average Bonchev–Trinajstić information content (AvgIpc) is 3.27. The maximum atomic E-state index is 13.5. The van der Waals surface area contributed by atoms with Crippen LogP contribution in [-0.4, -0.2) is 62.6 Å². The molecule has 0 aliphatic carbocycles. The molecular weight excluding hydrogens is 429 g/mol. The number of likely N-dealkylation sites (N-methyl/N-ethyl adjacent to an activating group) is 1. The highest BCUT2D eigenvalue weighted by Gasteiger charge is 2.45. The molecule has 1 aromatic heterocycles. The number of aliphatic hydroxyl groups excluding tert-OH is 1. The van der Waals surface area contributed by atoms with Gasteiger partial charge in [0.15, 0.2) is 0 Å². The monoisotopic (exact) mass is 453 g/mol. The third-order valence-corrected chi connectivity index (χ3v) is 5.79. The summed E-state index contributed by atoms with van der Waals surface area (Å²) in [5.74, 6) is -0.621. The number of carbonyl (C=O) groups is 2. The van der Waals surface area contributed by atoms with E-state index in [0.717, 1.165) is 0 Å². The molecular formula is C20H25Cl2N5O3. The van der Waals surface area contributed by atoms with Crippen LogP contribution in [0.4, 0.5) is 0 Å². The van der Waals surface area contributed by atoms with Crippen LogP contribution in [0.1, 0.15) is 33.2 Å². The van der Waals surface area contributed by atoms with Crippen LogP contribution in [0.3, 0.4) is 0 Å². The number of amides is 2. The largest absolute Gasteiger partial charge is 0.391 e. The second-order valence-corrected chi connectivity index (χ2v) is 9.27. The summed E-state index contributed by atoms with van der Waals surface area (Å²) in [7, 11) is 1.51. The zero-order valence-electron chi connectivity index (χ0n) is 17.3. The van der Waals surface area contributed by atoms with Crippen molar-refractivity contribution in [2.45, 2.75) is 45.4 Å². The van der Waals surface area contributed by atoms with Gasteiger partial charge in [-0.05, 0) is 17.5 Å². The Kier molecular flexibility index (Phi) is 6.40. The SMILES string of the molecule is CNC(=O)[C@H]1CC(O)CN1C(=O)C(n1cc(-c2c(Cl)cccc2Cl)nn1)C(C)(C)C. The summed E-state index contributed by atoms with van der Waals surface area (Å²) < 4.78 is 1.48. The van der Waals surface area contributed by atoms with Gasteiger partial charge in [0.25, 0.3) is 0 Å². The number of rotatable bonds is 4. The first-order valence-electron chi connectivity index (χ1n) is 9.61. The van der Waals surface area contributed by atoms with Gasteiger partial charge in [0, 0.05) is 25.6 Å². The van der Waals surface area contributed by atoms with Gasteiger partial charge in [-0.25, -0.2) is 4.68 Å². The van der Waals surface area contributed by atoms with Gasteiger partial charge in [0.2, 0.25) is 11.8 Å². The van der Waals surface area contributed by atoms with Crippen LogP contribution in [0.2, 0.25) is 10.0 Å². The lowest BCUT2D eigenvalue weighted by Crippen LogP contribution is -2.49. The highest BCUT2D eigenvalue weighted by atomic mass is 35.5. The van der Waals surface area contributed by atoms with Gasteiger partial charge in [0.1, 0.15) is 17.8 Å². The summed E-state index contributed by atoms with van der Waals surface area (Å²) in [6, 6.07) is 3.65. The lowest BCUT2D eigenvalue weighted by molar-refractivity contribution is -0.144. The topological polar surface area (TPSA) is 100 Å². The normalized spacial score (nSPS) is 20.3. The first-order valence-corrected chi connectivity index (χ1v) is 10.4. The van der Waals surface area contributed by atoms with E-state index in [0.29, 0.717) is 21.3 Å². The Balaban J connectivity index is 1.99. The van der Waals surface area contributed by atoms with E-state index in [9.17, 15) is 14.7 Å². The number of halogens is 2. The zero-order valence-corrected chi connectivity index (χ0v) is 18.8. The predicted molar refractivity (Wildman–Crippen MR) is 114 cm³/mol. The van der Waals surface area contributed by atoms with E-state index in [4.69, 9.17) is 23.2 Å². The number of benzene rings is 1. The number of hydrogen-bond acceptors (Lipinski definition) is 5. The molecule has 1 fully saturated rings. The van der Waals surface area contributed by atoms with Crippen molar-refractivity contribution >= 4 is 35.0 Å². The fourth-order valence-corrected chi connectivity index (χ4v) is 4.36. The number of hydrogen-bond donors (Lipinski definition) is 2. The van der Waals surface area contributed by atoms with Crippen molar-refractivity contribution in [2.75, 3.05) is 13.6 Å². The summed E-state index contributed by atoms with van der Waals surface area (Å²) in [5.41, 5.74) is 0.427. The van der Waals surface area contributed by atoms with Crippen LogP contribution in [0.15, 0.2) is 24.4 Å². The number of aliphatic hydroxyl groups is 1. The van der Waals surface area contributed by atoms with E-state index in [-0.39, 0.29) is 24.8 Å². The quantitative estimate of drug-likeness (QED) is 0.740. The first kappa shape index (κ1) is 22.5. The van der Waals surface area contributed by atoms with Gasteiger partial charge in [-0.15, -0.1) is 5.10 Å². The Labute approximate surface area is 185 Å². The molecule has 1 aliphatic heterocycles. The highest BCUT2D eigenvalue weighted by Crippen LogP contribution is 2.37. The van der Waals surface area contributed by atoms with Crippen LogP contribution in [-0.2, 0) is 9.59 Å². The zero-order chi connectivity index (χ0) is 22.2. The van der Waals surface area contributed by atoms with Crippen molar-refractivity contribution in [3.05, 3.63) is 34.4 Å². The van der Waals surface area contributed by atoms with Gasteiger partial charge in [-0.3, -0.25) is 9.59 Å². The Morgan fingerprint density at radius 2 is 1.90 bits per heavy atom. The molecule has 1 aliphatic rings. The number of nitrogens with one attached hydrogen (secondary N) is 1. The van der Waals surface area contributed by atoms with Crippen LogP contribution in [0, 0.1) is 5.41 Å². The molecule has 3 atom stereocenters. The average molecular weight is 454 g/mol. The minimum Gasteiger partial charge on any atom is -0.391 e. The Bertz CT molecular complexity index is 936. The highest BCUT2D eigenvalue weighted by molar-refractivity contribution is 6.39. The van der Waals surface area contributed by atoms with Gasteiger partial charge < -0.3 is 15.3 Å². The standard InChI is InChI=1S/C20H25Cl2N5O3/c1-20(2,3)17(19(30)26-9-11(28)8-15(26)18(29)23-4)27-10-14(24-25-27)16-12(21)6-5-7-13(16)22/h5-7,10-11,15,17,28H,8-9H2,1-4H3,(H,23,29)/t11?,15-,17?/m1/s1. The molecule has 3 rings (SSSR count). The lowest BCUT2D eigenvalue weighted by Gasteiger charge is -2.34. The fraction of sp³-hybridized carbons (Fsp3) is 0.500. The molecule has 162 valence electrons. The van der Waals surface area contributed by atoms with E-state index >= 15 is 0 Å². The van der Waals surface area contributed by atoms with Crippen LogP contribution < -0.4 is 5.32 Å². The number of carbonyl (C=O) groups excluding carboxylic acids is 2. The minimum absolute atomic E-state index is 0.0847. The molecule has 2 heterocycles. The molecule has 30 heavy (non-hydrogen) atoms. The van der Waals surface area contributed by atoms with E-state index < -0.39 is 23.6 Å². The smallest absolute Gasteiger partial charge is 0.248 e. The van der Waals surface area contributed by atoms with E-state index in [1.807, 2.05) is 20.8 Å². The molecule has 2 N–H and O–H groups in total. The van der Waals surface area contributed by atoms with Gasteiger partial charge in [-0.1, -0.05) is 55.3 Å². The molecule has 1 aromatic carbocycles. The van der Waals surface area contributed by atoms with Gasteiger partial charge in [0.05, 0.1) is 22.3 Å². The van der Waals surface area contributed by atoms with Crippen molar-refractivity contribution in [1.82, 2.24) is 25.2 Å². The first-order chi connectivity index (χ1) is 14.0. The summed E-state index contributed by atoms with van der Waals surface area (Å²) in [6.07, 6.45) is 1.06. The third-order valence-electron chi connectivity index (χ3n) is 5.16. The maximum Gasteiger partial charge on any atom is 0.248 e. The van der Waals surface area contributed by atoms with Crippen molar-refractivity contribution in [1.29, 1.82) is 0 Å². The molecule has 2 amide bonds. The summed E-state index contributed by atoms with van der Waals surface area (Å²) in [6.45, 7) is 5.80.